The highest BCUT2D eigenvalue weighted by molar-refractivity contribution is 5.72. The van der Waals surface area contributed by atoms with E-state index in [9.17, 15) is 5.11 Å². The Morgan fingerprint density at radius 2 is 1.79 bits per heavy atom. The summed E-state index contributed by atoms with van der Waals surface area (Å²) in [5.41, 5.74) is 3.20. The van der Waals surface area contributed by atoms with Crippen molar-refractivity contribution >= 4 is 0 Å². The summed E-state index contributed by atoms with van der Waals surface area (Å²) in [5.74, 6) is 0.822. The number of benzene rings is 2. The Morgan fingerprint density at radius 3 is 2.42 bits per heavy atom. The van der Waals surface area contributed by atoms with Gasteiger partial charge in [0, 0.05) is 5.56 Å². The molecule has 2 aromatic rings. The fraction of sp³-hybridized carbons (Fsp3) is 0.294. The van der Waals surface area contributed by atoms with Gasteiger partial charge in [0.2, 0.25) is 0 Å². The summed E-state index contributed by atoms with van der Waals surface area (Å²) < 4.78 is 5.21. The monoisotopic (exact) mass is 256 g/mol. The van der Waals surface area contributed by atoms with Crippen LogP contribution in [0.4, 0.5) is 0 Å². The summed E-state index contributed by atoms with van der Waals surface area (Å²) in [7, 11) is 1.58. The summed E-state index contributed by atoms with van der Waals surface area (Å²) in [4.78, 5) is 0. The molecule has 2 heteroatoms. The van der Waals surface area contributed by atoms with E-state index in [1.165, 1.54) is 0 Å². The van der Waals surface area contributed by atoms with Gasteiger partial charge in [-0.3, -0.25) is 0 Å². The lowest BCUT2D eigenvalue weighted by atomic mass is 9.95. The molecule has 0 aromatic heterocycles. The van der Waals surface area contributed by atoms with Crippen LogP contribution in [0, 0.1) is 0 Å². The summed E-state index contributed by atoms with van der Waals surface area (Å²) in [5, 5.41) is 10.3. The molecule has 1 N–H and O–H groups in total. The van der Waals surface area contributed by atoms with Crippen molar-refractivity contribution in [1.82, 2.24) is 0 Å². The third-order valence-electron chi connectivity index (χ3n) is 3.33. The molecule has 0 spiro atoms. The minimum absolute atomic E-state index is 0.275. The number of rotatable bonds is 5. The largest absolute Gasteiger partial charge is 0.504 e. The molecule has 0 heterocycles. The number of aromatic hydroxyl groups is 1. The van der Waals surface area contributed by atoms with Gasteiger partial charge >= 0.3 is 0 Å². The molecule has 0 aliphatic heterocycles. The van der Waals surface area contributed by atoms with E-state index in [1.807, 2.05) is 30.3 Å². The molecular weight excluding hydrogens is 236 g/mol. The molecule has 0 fully saturated rings. The van der Waals surface area contributed by atoms with E-state index in [-0.39, 0.29) is 5.75 Å². The molecule has 0 aliphatic carbocycles. The lowest BCUT2D eigenvalue weighted by Gasteiger charge is -2.14. The van der Waals surface area contributed by atoms with Crippen molar-refractivity contribution in [2.45, 2.75) is 26.2 Å². The summed E-state index contributed by atoms with van der Waals surface area (Å²) >= 11 is 0. The molecule has 0 saturated carbocycles. The third-order valence-corrected chi connectivity index (χ3v) is 3.33. The van der Waals surface area contributed by atoms with Crippen LogP contribution in [0.5, 0.6) is 11.5 Å². The van der Waals surface area contributed by atoms with Gasteiger partial charge in [-0.25, -0.2) is 0 Å². The maximum Gasteiger partial charge on any atom is 0.161 e. The van der Waals surface area contributed by atoms with E-state index < -0.39 is 0 Å². The van der Waals surface area contributed by atoms with Gasteiger partial charge in [0.15, 0.2) is 11.5 Å². The van der Waals surface area contributed by atoms with Crippen LogP contribution in [0.25, 0.3) is 11.1 Å². The minimum atomic E-state index is 0.275. The van der Waals surface area contributed by atoms with Gasteiger partial charge in [-0.1, -0.05) is 49.7 Å². The molecule has 0 atom stereocenters. The predicted octanol–water partition coefficient (Wildman–Crippen LogP) is 4.41. The first-order valence-electron chi connectivity index (χ1n) is 6.72. The minimum Gasteiger partial charge on any atom is -0.504 e. The number of ether oxygens (including phenoxy) is 1. The topological polar surface area (TPSA) is 29.5 Å². The van der Waals surface area contributed by atoms with Crippen molar-refractivity contribution in [3.63, 3.8) is 0 Å². The Morgan fingerprint density at radius 1 is 1.05 bits per heavy atom. The highest BCUT2D eigenvalue weighted by Gasteiger charge is 2.13. The second-order valence-corrected chi connectivity index (χ2v) is 4.61. The SMILES string of the molecule is CCCCc1c(-c2ccccc2)ccc(OC)c1O. The molecule has 2 aromatic carbocycles. The molecule has 2 nitrogen and oxygen atoms in total. The van der Waals surface area contributed by atoms with Crippen molar-refractivity contribution in [2.75, 3.05) is 7.11 Å². The Hall–Kier alpha value is -1.96. The fourth-order valence-electron chi connectivity index (χ4n) is 2.27. The Kier molecular flexibility index (Phi) is 4.45. The smallest absolute Gasteiger partial charge is 0.161 e. The third kappa shape index (κ3) is 2.90. The van der Waals surface area contributed by atoms with Crippen LogP contribution in [0.3, 0.4) is 0 Å². The van der Waals surface area contributed by atoms with Crippen LogP contribution in [-0.2, 0) is 6.42 Å². The molecular formula is C17H20O2. The first-order valence-corrected chi connectivity index (χ1v) is 6.72. The zero-order chi connectivity index (χ0) is 13.7. The molecule has 2 rings (SSSR count). The van der Waals surface area contributed by atoms with E-state index >= 15 is 0 Å². The quantitative estimate of drug-likeness (QED) is 0.858. The predicted molar refractivity (Wildman–Crippen MR) is 78.7 cm³/mol. The number of phenols is 1. The first kappa shape index (κ1) is 13.5. The van der Waals surface area contributed by atoms with Crippen molar-refractivity contribution in [2.24, 2.45) is 0 Å². The van der Waals surface area contributed by atoms with E-state index in [0.29, 0.717) is 5.75 Å². The zero-order valence-corrected chi connectivity index (χ0v) is 11.5. The van der Waals surface area contributed by atoms with E-state index in [0.717, 1.165) is 36.0 Å². The number of hydrogen-bond acceptors (Lipinski definition) is 2. The Labute approximate surface area is 114 Å². The summed E-state index contributed by atoms with van der Waals surface area (Å²) in [6.45, 7) is 2.15. The second kappa shape index (κ2) is 6.28. The molecule has 0 radical (unpaired) electrons. The van der Waals surface area contributed by atoms with E-state index in [1.54, 1.807) is 7.11 Å². The van der Waals surface area contributed by atoms with Gasteiger partial charge in [-0.05, 0) is 30.0 Å². The Balaban J connectivity index is 2.50. The van der Waals surface area contributed by atoms with Gasteiger partial charge in [-0.15, -0.1) is 0 Å². The average molecular weight is 256 g/mol. The van der Waals surface area contributed by atoms with Crippen molar-refractivity contribution in [3.05, 3.63) is 48.0 Å². The molecule has 0 saturated heterocycles. The number of methoxy groups -OCH3 is 1. The van der Waals surface area contributed by atoms with Crippen molar-refractivity contribution in [3.8, 4) is 22.6 Å². The normalized spacial score (nSPS) is 10.4. The summed E-state index contributed by atoms with van der Waals surface area (Å²) in [6, 6.07) is 14.0. The second-order valence-electron chi connectivity index (χ2n) is 4.61. The number of unbranched alkanes of at least 4 members (excludes halogenated alkanes) is 1. The van der Waals surface area contributed by atoms with Gasteiger partial charge in [0.05, 0.1) is 7.11 Å². The van der Waals surface area contributed by atoms with Crippen molar-refractivity contribution in [1.29, 1.82) is 0 Å². The molecule has 0 aliphatic rings. The van der Waals surface area contributed by atoms with E-state index in [2.05, 4.69) is 19.1 Å². The first-order chi connectivity index (χ1) is 9.27. The van der Waals surface area contributed by atoms with Crippen LogP contribution in [0.15, 0.2) is 42.5 Å². The number of hydrogen-bond donors (Lipinski definition) is 1. The summed E-state index contributed by atoms with van der Waals surface area (Å²) in [6.07, 6.45) is 3.02. The molecule has 0 bridgehead atoms. The van der Waals surface area contributed by atoms with Crippen LogP contribution >= 0.6 is 0 Å². The van der Waals surface area contributed by atoms with E-state index in [4.69, 9.17) is 4.74 Å². The van der Waals surface area contributed by atoms with Gasteiger partial charge < -0.3 is 9.84 Å². The highest BCUT2D eigenvalue weighted by Crippen LogP contribution is 2.38. The maximum absolute atomic E-state index is 10.3. The fourth-order valence-corrected chi connectivity index (χ4v) is 2.27. The lowest BCUT2D eigenvalue weighted by Crippen LogP contribution is -1.94. The Bertz CT molecular complexity index is 532. The lowest BCUT2D eigenvalue weighted by molar-refractivity contribution is 0.370. The van der Waals surface area contributed by atoms with Gasteiger partial charge in [0.25, 0.3) is 0 Å². The van der Waals surface area contributed by atoms with Gasteiger partial charge in [-0.2, -0.15) is 0 Å². The van der Waals surface area contributed by atoms with Gasteiger partial charge in [0.1, 0.15) is 0 Å². The number of phenolic OH excluding ortho intramolecular Hbond substituents is 1. The van der Waals surface area contributed by atoms with Crippen LogP contribution < -0.4 is 4.74 Å². The van der Waals surface area contributed by atoms with Crippen LogP contribution in [0.1, 0.15) is 25.3 Å². The average Bonchev–Trinajstić information content (AvgIpc) is 2.46. The molecule has 100 valence electrons. The molecule has 0 amide bonds. The van der Waals surface area contributed by atoms with Crippen molar-refractivity contribution < 1.29 is 9.84 Å². The standard InChI is InChI=1S/C17H20O2/c1-3-4-10-15-14(13-8-6-5-7-9-13)11-12-16(19-2)17(15)18/h5-9,11-12,18H,3-4,10H2,1-2H3. The highest BCUT2D eigenvalue weighted by atomic mass is 16.5. The molecule has 0 unspecified atom stereocenters. The van der Waals surface area contributed by atoms with Crippen LogP contribution in [-0.4, -0.2) is 12.2 Å². The van der Waals surface area contributed by atoms with Crippen LogP contribution in [0.2, 0.25) is 0 Å². The maximum atomic E-state index is 10.3. The molecule has 19 heavy (non-hydrogen) atoms. The zero-order valence-electron chi connectivity index (χ0n) is 11.5.